The van der Waals surface area contributed by atoms with Crippen molar-refractivity contribution in [1.29, 1.82) is 0 Å². The lowest BCUT2D eigenvalue weighted by Gasteiger charge is -2.35. The fourth-order valence-electron chi connectivity index (χ4n) is 3.67. The van der Waals surface area contributed by atoms with Crippen LogP contribution in [0.3, 0.4) is 0 Å². The first kappa shape index (κ1) is 17.3. The molecule has 27 heavy (non-hydrogen) atoms. The van der Waals surface area contributed by atoms with Crippen molar-refractivity contribution in [3.05, 3.63) is 69.7 Å². The van der Waals surface area contributed by atoms with Crippen molar-refractivity contribution in [2.24, 2.45) is 5.41 Å². The Balaban J connectivity index is 1.69. The van der Waals surface area contributed by atoms with Crippen molar-refractivity contribution in [2.75, 3.05) is 0 Å². The first-order valence-corrected chi connectivity index (χ1v) is 8.74. The Kier molecular flexibility index (Phi) is 3.98. The number of benzene rings is 1. The van der Waals surface area contributed by atoms with E-state index in [2.05, 4.69) is 34.5 Å². The average molecular weight is 369 g/mol. The predicted octanol–water partition coefficient (Wildman–Crippen LogP) is 2.47. The molecule has 0 unspecified atom stereocenters. The molecule has 1 aliphatic carbocycles. The summed E-state index contributed by atoms with van der Waals surface area (Å²) in [6.07, 6.45) is 3.28. The van der Waals surface area contributed by atoms with Crippen molar-refractivity contribution in [1.82, 2.24) is 25.3 Å². The van der Waals surface area contributed by atoms with E-state index in [1.54, 1.807) is 23.0 Å². The summed E-state index contributed by atoms with van der Waals surface area (Å²) in [5.41, 5.74) is 2.48. The van der Waals surface area contributed by atoms with Gasteiger partial charge in [-0.25, -0.2) is 9.07 Å². The highest BCUT2D eigenvalue weighted by molar-refractivity contribution is 5.92. The highest BCUT2D eigenvalue weighted by Crippen LogP contribution is 2.41. The quantitative estimate of drug-likeness (QED) is 0.662. The van der Waals surface area contributed by atoms with E-state index in [0.717, 1.165) is 29.8 Å². The van der Waals surface area contributed by atoms with E-state index in [1.807, 2.05) is 0 Å². The van der Waals surface area contributed by atoms with Gasteiger partial charge in [0.15, 0.2) is 0 Å². The van der Waals surface area contributed by atoms with Gasteiger partial charge in [-0.2, -0.15) is 5.10 Å². The minimum absolute atomic E-state index is 0.0612. The third-order valence-corrected chi connectivity index (χ3v) is 4.90. The molecule has 3 N–H and O–H groups in total. The number of carbonyl (C=O) groups is 1. The molecule has 2 heterocycles. The molecule has 0 saturated heterocycles. The molecule has 0 spiro atoms. The van der Waals surface area contributed by atoms with E-state index in [0.29, 0.717) is 0 Å². The van der Waals surface area contributed by atoms with Gasteiger partial charge < -0.3 is 5.32 Å². The van der Waals surface area contributed by atoms with Crippen LogP contribution >= 0.6 is 0 Å². The van der Waals surface area contributed by atoms with Crippen molar-refractivity contribution >= 4 is 5.91 Å². The number of nitrogens with zero attached hydrogens (tertiary/aromatic N) is 2. The number of H-pyrrole nitrogens is 2. The van der Waals surface area contributed by atoms with Gasteiger partial charge in [0.1, 0.15) is 11.5 Å². The summed E-state index contributed by atoms with van der Waals surface area (Å²) in [6, 6.07) is 7.16. The van der Waals surface area contributed by atoms with Gasteiger partial charge in [-0.1, -0.05) is 13.8 Å². The van der Waals surface area contributed by atoms with Gasteiger partial charge in [-0.3, -0.25) is 19.8 Å². The second-order valence-corrected chi connectivity index (χ2v) is 7.68. The normalized spacial score (nSPS) is 18.1. The minimum atomic E-state index is -0.353. The molecule has 1 aliphatic rings. The lowest BCUT2D eigenvalue weighted by Crippen LogP contribution is -2.37. The molecule has 3 aromatic rings. The summed E-state index contributed by atoms with van der Waals surface area (Å²) in [4.78, 5) is 23.8. The molecule has 0 radical (unpaired) electrons. The van der Waals surface area contributed by atoms with Gasteiger partial charge in [-0.05, 0) is 42.5 Å². The monoisotopic (exact) mass is 369 g/mol. The number of aromatic amines is 2. The summed E-state index contributed by atoms with van der Waals surface area (Å²) in [6.45, 7) is 4.27. The number of fused-ring (bicyclic) bond motifs is 1. The predicted molar refractivity (Wildman–Crippen MR) is 97.2 cm³/mol. The third-order valence-electron chi connectivity index (χ3n) is 4.90. The molecular formula is C19H20FN5O2. The molecule has 140 valence electrons. The van der Waals surface area contributed by atoms with Crippen LogP contribution in [-0.2, 0) is 6.42 Å². The molecule has 0 aliphatic heterocycles. The second kappa shape index (κ2) is 6.22. The maximum atomic E-state index is 13.3. The number of aromatic nitrogens is 4. The van der Waals surface area contributed by atoms with Crippen LogP contribution in [0, 0.1) is 11.2 Å². The van der Waals surface area contributed by atoms with Crippen LogP contribution < -0.4 is 10.9 Å². The summed E-state index contributed by atoms with van der Waals surface area (Å²) in [5.74, 6) is -0.651. The van der Waals surface area contributed by atoms with Crippen molar-refractivity contribution < 1.29 is 9.18 Å². The van der Waals surface area contributed by atoms with Crippen LogP contribution in [0.1, 0.15) is 48.1 Å². The van der Waals surface area contributed by atoms with E-state index in [4.69, 9.17) is 0 Å². The Bertz CT molecular complexity index is 1040. The number of halogens is 1. The summed E-state index contributed by atoms with van der Waals surface area (Å²) in [7, 11) is 0. The van der Waals surface area contributed by atoms with Gasteiger partial charge in [0.2, 0.25) is 0 Å². The Hall–Kier alpha value is -3.16. The molecule has 0 saturated carbocycles. The standard InChI is InChI=1S/C19H20FN5O2/c1-19(2)8-15(22-18(27)14-7-17(26)24-23-14)13-10-21-25(16(13)9-19)12-5-3-11(20)4-6-12/h3-7,10,15H,8-9H2,1-2H3,(H,22,27)(H2,23,24,26)/t15-/m0/s1. The summed E-state index contributed by atoms with van der Waals surface area (Å²) < 4.78 is 15.1. The number of carbonyl (C=O) groups excluding carboxylic acids is 1. The van der Waals surface area contributed by atoms with Crippen LogP contribution in [0.25, 0.3) is 5.69 Å². The first-order valence-electron chi connectivity index (χ1n) is 8.74. The van der Waals surface area contributed by atoms with Gasteiger partial charge >= 0.3 is 0 Å². The van der Waals surface area contributed by atoms with Crippen LogP contribution in [0.15, 0.2) is 41.3 Å². The Morgan fingerprint density at radius 2 is 2.04 bits per heavy atom. The van der Waals surface area contributed by atoms with Crippen molar-refractivity contribution in [3.8, 4) is 5.69 Å². The highest BCUT2D eigenvalue weighted by atomic mass is 19.1. The summed E-state index contributed by atoms with van der Waals surface area (Å²) in [5, 5.41) is 12.4. The zero-order valence-corrected chi connectivity index (χ0v) is 15.0. The van der Waals surface area contributed by atoms with Crippen LogP contribution in [0.2, 0.25) is 0 Å². The van der Waals surface area contributed by atoms with Gasteiger partial charge in [0.05, 0.1) is 23.6 Å². The van der Waals surface area contributed by atoms with Crippen LogP contribution in [-0.4, -0.2) is 25.9 Å². The molecule has 8 heteroatoms. The summed E-state index contributed by atoms with van der Waals surface area (Å²) >= 11 is 0. The SMILES string of the molecule is CC1(C)Cc2c(cnn2-c2ccc(F)cc2)[C@@H](NC(=O)c2cc(=O)[nH][nH]2)C1. The fourth-order valence-corrected chi connectivity index (χ4v) is 3.67. The van der Waals surface area contributed by atoms with Gasteiger partial charge in [0.25, 0.3) is 11.5 Å². The van der Waals surface area contributed by atoms with Crippen molar-refractivity contribution in [2.45, 2.75) is 32.7 Å². The molecule has 1 atom stereocenters. The maximum absolute atomic E-state index is 13.3. The largest absolute Gasteiger partial charge is 0.344 e. The van der Waals surface area contributed by atoms with Crippen molar-refractivity contribution in [3.63, 3.8) is 0 Å². The molecular weight excluding hydrogens is 349 g/mol. The zero-order valence-electron chi connectivity index (χ0n) is 15.0. The van der Waals surface area contributed by atoms with Crippen LogP contribution in [0.4, 0.5) is 4.39 Å². The molecule has 0 fully saturated rings. The number of nitrogens with one attached hydrogen (secondary N) is 3. The number of hydrogen-bond donors (Lipinski definition) is 3. The van der Waals surface area contributed by atoms with Gasteiger partial charge in [-0.15, -0.1) is 0 Å². The zero-order chi connectivity index (χ0) is 19.2. The fraction of sp³-hybridized carbons (Fsp3) is 0.316. The molecule has 7 nitrogen and oxygen atoms in total. The Morgan fingerprint density at radius 3 is 2.70 bits per heavy atom. The second-order valence-electron chi connectivity index (χ2n) is 7.68. The van der Waals surface area contributed by atoms with E-state index in [1.165, 1.54) is 18.2 Å². The van der Waals surface area contributed by atoms with Gasteiger partial charge in [0, 0.05) is 11.6 Å². The molecule has 4 rings (SSSR count). The highest BCUT2D eigenvalue weighted by Gasteiger charge is 2.36. The third kappa shape index (κ3) is 3.30. The smallest absolute Gasteiger partial charge is 0.269 e. The first-order chi connectivity index (χ1) is 12.8. The maximum Gasteiger partial charge on any atom is 0.269 e. The van der Waals surface area contributed by atoms with Crippen LogP contribution in [0.5, 0.6) is 0 Å². The molecule has 0 bridgehead atoms. The lowest BCUT2D eigenvalue weighted by molar-refractivity contribution is 0.0914. The molecule has 2 aromatic heterocycles. The number of rotatable bonds is 3. The van der Waals surface area contributed by atoms with E-state index in [9.17, 15) is 14.0 Å². The van der Waals surface area contributed by atoms with E-state index < -0.39 is 0 Å². The topological polar surface area (TPSA) is 95.6 Å². The number of amides is 1. The lowest BCUT2D eigenvalue weighted by atomic mass is 9.74. The Labute approximate surface area is 154 Å². The average Bonchev–Trinajstić information content (AvgIpc) is 3.21. The van der Waals surface area contributed by atoms with E-state index >= 15 is 0 Å². The molecule has 1 aromatic carbocycles. The van der Waals surface area contributed by atoms with E-state index in [-0.39, 0.29) is 34.4 Å². The minimum Gasteiger partial charge on any atom is -0.344 e. The number of hydrogen-bond acceptors (Lipinski definition) is 3. The Morgan fingerprint density at radius 1 is 1.30 bits per heavy atom. The molecule has 1 amide bonds.